The Morgan fingerprint density at radius 1 is 1.24 bits per heavy atom. The fraction of sp³-hybridized carbons (Fsp3) is 0.0526. The van der Waals surface area contributed by atoms with Gasteiger partial charge in [0.25, 0.3) is 5.91 Å². The smallest absolute Gasteiger partial charge is 0.339 e. The number of hydrogen-bond donors (Lipinski definition) is 3. The number of hydrogen-bond acceptors (Lipinski definition) is 6. The molecule has 0 spiro atoms. The van der Waals surface area contributed by atoms with Crippen molar-refractivity contribution in [3.63, 3.8) is 0 Å². The van der Waals surface area contributed by atoms with E-state index < -0.39 is 29.4 Å². The van der Waals surface area contributed by atoms with E-state index in [1.165, 1.54) is 30.3 Å². The van der Waals surface area contributed by atoms with Crippen LogP contribution in [-0.2, 0) is 9.59 Å². The van der Waals surface area contributed by atoms with Crippen LogP contribution in [0.3, 0.4) is 0 Å². The van der Waals surface area contributed by atoms with Gasteiger partial charge in [-0.15, -0.1) is 0 Å². The van der Waals surface area contributed by atoms with Crippen molar-refractivity contribution >= 4 is 57.8 Å². The van der Waals surface area contributed by atoms with Gasteiger partial charge in [-0.2, -0.15) is 0 Å². The summed E-state index contributed by atoms with van der Waals surface area (Å²) in [4.78, 5) is 37.2. The van der Waals surface area contributed by atoms with Crippen LogP contribution in [0, 0.1) is 5.82 Å². The molecule has 3 N–H and O–H groups in total. The van der Waals surface area contributed by atoms with Crippen molar-refractivity contribution in [3.8, 4) is 5.75 Å². The number of nitrogens with one attached hydrogen (secondary N) is 1. The number of aromatic carboxylic acids is 1. The van der Waals surface area contributed by atoms with Gasteiger partial charge < -0.3 is 15.5 Å². The molecule has 7 nitrogen and oxygen atoms in total. The third-order valence-corrected chi connectivity index (χ3v) is 5.21. The van der Waals surface area contributed by atoms with E-state index in [9.17, 15) is 23.9 Å². The summed E-state index contributed by atoms with van der Waals surface area (Å²) in [6.07, 6.45) is 1.49. The molecular weight excluding hydrogens is 419 g/mol. The predicted molar refractivity (Wildman–Crippen MR) is 110 cm³/mol. The van der Waals surface area contributed by atoms with Gasteiger partial charge in [-0.05, 0) is 42.0 Å². The number of halogens is 1. The van der Waals surface area contributed by atoms with E-state index in [1.807, 2.05) is 0 Å². The van der Waals surface area contributed by atoms with Crippen molar-refractivity contribution in [1.29, 1.82) is 0 Å². The molecule has 1 fully saturated rings. The van der Waals surface area contributed by atoms with Crippen molar-refractivity contribution in [2.45, 2.75) is 0 Å². The number of carbonyl (C=O) groups is 3. The van der Waals surface area contributed by atoms with Crippen LogP contribution < -0.4 is 5.32 Å². The van der Waals surface area contributed by atoms with Crippen molar-refractivity contribution in [2.75, 3.05) is 11.9 Å². The minimum atomic E-state index is -1.35. The third-order valence-electron chi connectivity index (χ3n) is 3.83. The van der Waals surface area contributed by atoms with Crippen LogP contribution in [0.1, 0.15) is 15.9 Å². The number of aromatic hydroxyl groups is 1. The minimum Gasteiger partial charge on any atom is -0.507 e. The van der Waals surface area contributed by atoms with E-state index in [1.54, 1.807) is 6.07 Å². The molecule has 1 aliphatic heterocycles. The first-order valence-corrected chi connectivity index (χ1v) is 9.34. The molecule has 0 aliphatic carbocycles. The van der Waals surface area contributed by atoms with Crippen molar-refractivity contribution in [2.24, 2.45) is 0 Å². The van der Waals surface area contributed by atoms with Gasteiger partial charge in [-0.1, -0.05) is 36.1 Å². The van der Waals surface area contributed by atoms with Gasteiger partial charge in [0.15, 0.2) is 0 Å². The Morgan fingerprint density at radius 3 is 2.69 bits per heavy atom. The Balaban J connectivity index is 1.71. The Kier molecular flexibility index (Phi) is 5.95. The lowest BCUT2D eigenvalue weighted by molar-refractivity contribution is -0.126. The number of phenols is 1. The summed E-state index contributed by atoms with van der Waals surface area (Å²) in [5, 5.41) is 21.0. The average Bonchev–Trinajstić information content (AvgIpc) is 2.90. The normalized spacial score (nSPS) is 15.1. The number of nitrogens with zero attached hydrogens (tertiary/aromatic N) is 1. The standard InChI is InChI=1S/C19H13FN2O5S2/c20-11-3-1-2-10(6-11)7-15-17(25)22(19(28)29-15)9-16(24)21-12-4-5-14(23)13(8-12)18(26)27/h1-8,23H,9H2,(H,21,24)(H,26,27). The SMILES string of the molecule is O=C(CN1C(=O)C(=Cc2cccc(F)c2)SC1=S)Nc1ccc(O)c(C(=O)O)c1. The first-order chi connectivity index (χ1) is 13.7. The second kappa shape index (κ2) is 8.41. The lowest BCUT2D eigenvalue weighted by atomic mass is 10.2. The highest BCUT2D eigenvalue weighted by Gasteiger charge is 2.33. The molecule has 0 atom stereocenters. The van der Waals surface area contributed by atoms with Gasteiger partial charge in [0.1, 0.15) is 28.0 Å². The van der Waals surface area contributed by atoms with E-state index in [2.05, 4.69) is 5.32 Å². The van der Waals surface area contributed by atoms with Crippen LogP contribution in [-0.4, -0.2) is 43.8 Å². The van der Waals surface area contributed by atoms with Crippen molar-refractivity contribution in [3.05, 3.63) is 64.3 Å². The largest absolute Gasteiger partial charge is 0.507 e. The Hall–Kier alpha value is -3.24. The highest BCUT2D eigenvalue weighted by molar-refractivity contribution is 8.26. The Labute approximate surface area is 173 Å². The zero-order chi connectivity index (χ0) is 21.1. The predicted octanol–water partition coefficient (Wildman–Crippen LogP) is 3.07. The topological polar surface area (TPSA) is 107 Å². The summed E-state index contributed by atoms with van der Waals surface area (Å²) in [6.45, 7) is -0.381. The molecule has 2 amide bonds. The van der Waals surface area contributed by atoms with Gasteiger partial charge >= 0.3 is 5.97 Å². The number of benzene rings is 2. The van der Waals surface area contributed by atoms with Gasteiger partial charge in [-0.25, -0.2) is 9.18 Å². The van der Waals surface area contributed by atoms with Crippen molar-refractivity contribution < 1.29 is 29.0 Å². The lowest BCUT2D eigenvalue weighted by Gasteiger charge is -2.14. The molecule has 10 heteroatoms. The number of amides is 2. The number of carboxylic acid groups (broad SMARTS) is 1. The molecule has 2 aromatic carbocycles. The number of carboxylic acids is 1. The quantitative estimate of drug-likeness (QED) is 0.379. The highest BCUT2D eigenvalue weighted by atomic mass is 32.2. The van der Waals surface area contributed by atoms with E-state index in [-0.39, 0.29) is 27.0 Å². The third kappa shape index (κ3) is 4.79. The molecule has 0 bridgehead atoms. The first kappa shape index (κ1) is 20.5. The number of thiocarbonyl (C=S) groups is 1. The zero-order valence-electron chi connectivity index (χ0n) is 14.6. The molecule has 1 heterocycles. The van der Waals surface area contributed by atoms with Gasteiger partial charge in [0.2, 0.25) is 5.91 Å². The summed E-state index contributed by atoms with van der Waals surface area (Å²) in [6, 6.07) is 9.26. The minimum absolute atomic E-state index is 0.144. The number of rotatable bonds is 5. The average molecular weight is 432 g/mol. The molecule has 0 unspecified atom stereocenters. The molecule has 29 heavy (non-hydrogen) atoms. The summed E-state index contributed by atoms with van der Waals surface area (Å²) in [5.74, 6) is -3.32. The molecule has 0 saturated carbocycles. The molecule has 1 saturated heterocycles. The van der Waals surface area contributed by atoms with Crippen LogP contribution in [0.5, 0.6) is 5.75 Å². The summed E-state index contributed by atoms with van der Waals surface area (Å²) in [7, 11) is 0. The van der Waals surface area contributed by atoms with Gasteiger partial charge in [0.05, 0.1) is 4.91 Å². The number of anilines is 1. The van der Waals surface area contributed by atoms with Gasteiger partial charge in [-0.3, -0.25) is 14.5 Å². The highest BCUT2D eigenvalue weighted by Crippen LogP contribution is 2.32. The molecule has 148 valence electrons. The molecule has 0 aromatic heterocycles. The fourth-order valence-electron chi connectivity index (χ4n) is 2.51. The molecule has 2 aromatic rings. The van der Waals surface area contributed by atoms with Crippen LogP contribution in [0.4, 0.5) is 10.1 Å². The Morgan fingerprint density at radius 2 is 2.00 bits per heavy atom. The van der Waals surface area contributed by atoms with Gasteiger partial charge in [0, 0.05) is 5.69 Å². The second-order valence-corrected chi connectivity index (χ2v) is 7.58. The van der Waals surface area contributed by atoms with E-state index >= 15 is 0 Å². The molecule has 1 aliphatic rings. The van der Waals surface area contributed by atoms with Crippen LogP contribution in [0.2, 0.25) is 0 Å². The Bertz CT molecular complexity index is 1070. The molecule has 0 radical (unpaired) electrons. The van der Waals surface area contributed by atoms with E-state index in [0.717, 1.165) is 28.8 Å². The van der Waals surface area contributed by atoms with E-state index in [0.29, 0.717) is 5.56 Å². The summed E-state index contributed by atoms with van der Waals surface area (Å²) < 4.78 is 13.5. The zero-order valence-corrected chi connectivity index (χ0v) is 16.2. The summed E-state index contributed by atoms with van der Waals surface area (Å²) in [5.41, 5.74) is 0.262. The van der Waals surface area contributed by atoms with E-state index in [4.69, 9.17) is 17.3 Å². The summed E-state index contributed by atoms with van der Waals surface area (Å²) >= 11 is 6.15. The number of carbonyl (C=O) groups excluding carboxylic acids is 2. The van der Waals surface area contributed by atoms with Crippen LogP contribution >= 0.6 is 24.0 Å². The second-order valence-electron chi connectivity index (χ2n) is 5.91. The lowest BCUT2D eigenvalue weighted by Crippen LogP contribution is -2.36. The fourth-order valence-corrected chi connectivity index (χ4v) is 3.77. The molecule has 3 rings (SSSR count). The first-order valence-electron chi connectivity index (χ1n) is 8.11. The molecular formula is C19H13FN2O5S2. The maximum Gasteiger partial charge on any atom is 0.339 e. The maximum absolute atomic E-state index is 13.3. The maximum atomic E-state index is 13.3. The van der Waals surface area contributed by atoms with Crippen LogP contribution in [0.25, 0.3) is 6.08 Å². The van der Waals surface area contributed by atoms with Crippen molar-refractivity contribution in [1.82, 2.24) is 4.90 Å². The monoisotopic (exact) mass is 432 g/mol. The van der Waals surface area contributed by atoms with Crippen LogP contribution in [0.15, 0.2) is 47.4 Å². The number of thioether (sulfide) groups is 1.